The highest BCUT2D eigenvalue weighted by molar-refractivity contribution is 5.68. The Balaban J connectivity index is 2.66. The van der Waals surface area contributed by atoms with Crippen LogP contribution in [0.15, 0.2) is 30.3 Å². The van der Waals surface area contributed by atoms with Crippen LogP contribution in [0.3, 0.4) is 0 Å². The molecule has 0 saturated heterocycles. The van der Waals surface area contributed by atoms with Gasteiger partial charge in [0.05, 0.1) is 6.04 Å². The van der Waals surface area contributed by atoms with Gasteiger partial charge < -0.3 is 9.64 Å². The molecule has 0 spiro atoms. The molecule has 1 aromatic carbocycles. The zero-order valence-electron chi connectivity index (χ0n) is 12.1. The molecule has 0 aromatic heterocycles. The molecule has 0 unspecified atom stereocenters. The van der Waals surface area contributed by atoms with Gasteiger partial charge in [0.1, 0.15) is 12.2 Å². The predicted molar refractivity (Wildman–Crippen MR) is 73.5 cm³/mol. The van der Waals surface area contributed by atoms with Crippen molar-refractivity contribution in [3.8, 4) is 0 Å². The largest absolute Gasteiger partial charge is 0.444 e. The molecule has 1 amide bonds. The molecule has 19 heavy (non-hydrogen) atoms. The first kappa shape index (κ1) is 15.5. The van der Waals surface area contributed by atoms with E-state index in [9.17, 15) is 9.90 Å². The Labute approximate surface area is 115 Å². The summed E-state index contributed by atoms with van der Waals surface area (Å²) in [5.74, 6) is 0. The third-order valence-corrected chi connectivity index (χ3v) is 2.74. The zero-order valence-corrected chi connectivity index (χ0v) is 12.1. The summed E-state index contributed by atoms with van der Waals surface area (Å²) in [5.41, 5.74) is 0.490. The van der Waals surface area contributed by atoms with Gasteiger partial charge >= 0.3 is 6.09 Å². The SMILES string of the molecule is CN(C(=O)OC(C)(C)C)[C@@H](C[O])Cc1ccccc1. The van der Waals surface area contributed by atoms with Crippen molar-refractivity contribution >= 4 is 6.09 Å². The summed E-state index contributed by atoms with van der Waals surface area (Å²) in [6.07, 6.45) is 0.0874. The van der Waals surface area contributed by atoms with Crippen LogP contribution in [0.4, 0.5) is 4.79 Å². The second-order valence-corrected chi connectivity index (χ2v) is 5.60. The zero-order chi connectivity index (χ0) is 14.5. The van der Waals surface area contributed by atoms with Crippen molar-refractivity contribution in [3.63, 3.8) is 0 Å². The van der Waals surface area contributed by atoms with Gasteiger partial charge in [-0.1, -0.05) is 30.3 Å². The molecule has 1 radical (unpaired) electrons. The maximum atomic E-state index is 11.9. The van der Waals surface area contributed by atoms with Gasteiger partial charge in [0.25, 0.3) is 0 Å². The minimum absolute atomic E-state index is 0.343. The van der Waals surface area contributed by atoms with E-state index in [4.69, 9.17) is 4.74 Å². The lowest BCUT2D eigenvalue weighted by atomic mass is 10.1. The van der Waals surface area contributed by atoms with Gasteiger partial charge in [-0.2, -0.15) is 0 Å². The number of likely N-dealkylation sites (N-methyl/N-ethyl adjacent to an activating group) is 1. The number of nitrogens with zero attached hydrogens (tertiary/aromatic N) is 1. The van der Waals surface area contributed by atoms with Crippen LogP contribution in [-0.4, -0.2) is 36.3 Å². The van der Waals surface area contributed by atoms with E-state index in [1.54, 1.807) is 7.05 Å². The molecule has 0 N–H and O–H groups in total. The average molecular weight is 264 g/mol. The molecule has 4 nitrogen and oxygen atoms in total. The van der Waals surface area contributed by atoms with Gasteiger partial charge in [-0.15, -0.1) is 0 Å². The van der Waals surface area contributed by atoms with Crippen molar-refractivity contribution in [2.45, 2.75) is 38.8 Å². The third-order valence-electron chi connectivity index (χ3n) is 2.74. The van der Waals surface area contributed by atoms with Crippen LogP contribution in [0.5, 0.6) is 0 Å². The molecule has 0 saturated carbocycles. The van der Waals surface area contributed by atoms with E-state index in [2.05, 4.69) is 0 Å². The molecular formula is C15H22NO3. The highest BCUT2D eigenvalue weighted by Gasteiger charge is 2.25. The van der Waals surface area contributed by atoms with E-state index in [0.717, 1.165) is 5.56 Å². The minimum atomic E-state index is -0.550. The van der Waals surface area contributed by atoms with Gasteiger partial charge in [-0.25, -0.2) is 9.90 Å². The summed E-state index contributed by atoms with van der Waals surface area (Å²) >= 11 is 0. The third kappa shape index (κ3) is 5.30. The molecule has 1 aromatic rings. The number of hydrogen-bond donors (Lipinski definition) is 0. The van der Waals surface area contributed by atoms with E-state index >= 15 is 0 Å². The summed E-state index contributed by atoms with van der Waals surface area (Å²) in [6.45, 7) is 5.08. The molecule has 0 bridgehead atoms. The van der Waals surface area contributed by atoms with E-state index in [0.29, 0.717) is 6.42 Å². The van der Waals surface area contributed by atoms with Gasteiger partial charge in [0.15, 0.2) is 0 Å². The highest BCUT2D eigenvalue weighted by Crippen LogP contribution is 2.13. The molecule has 105 valence electrons. The van der Waals surface area contributed by atoms with Crippen LogP contribution in [-0.2, 0) is 16.3 Å². The number of rotatable bonds is 4. The van der Waals surface area contributed by atoms with E-state index in [1.165, 1.54) is 4.90 Å². The van der Waals surface area contributed by atoms with E-state index in [-0.39, 0.29) is 6.61 Å². The molecule has 1 rings (SSSR count). The molecule has 4 heteroatoms. The second kappa shape index (κ2) is 6.57. The van der Waals surface area contributed by atoms with Gasteiger partial charge in [0, 0.05) is 7.05 Å². The molecule has 0 aliphatic carbocycles. The summed E-state index contributed by atoms with van der Waals surface area (Å²) in [4.78, 5) is 13.3. The van der Waals surface area contributed by atoms with Crippen LogP contribution in [0, 0.1) is 0 Å². The maximum Gasteiger partial charge on any atom is 0.410 e. The van der Waals surface area contributed by atoms with Crippen LogP contribution >= 0.6 is 0 Å². The smallest absolute Gasteiger partial charge is 0.410 e. The van der Waals surface area contributed by atoms with Gasteiger partial charge in [-0.3, -0.25) is 0 Å². The fourth-order valence-electron chi connectivity index (χ4n) is 1.68. The number of carbonyl (C=O) groups is 1. The van der Waals surface area contributed by atoms with Crippen molar-refractivity contribution in [2.24, 2.45) is 0 Å². The molecule has 1 atom stereocenters. The topological polar surface area (TPSA) is 49.4 Å². The lowest BCUT2D eigenvalue weighted by Crippen LogP contribution is -2.43. The first-order valence-corrected chi connectivity index (χ1v) is 6.41. The fourth-order valence-corrected chi connectivity index (χ4v) is 1.68. The Morgan fingerprint density at radius 2 is 1.84 bits per heavy atom. The highest BCUT2D eigenvalue weighted by atomic mass is 16.6. The first-order valence-electron chi connectivity index (χ1n) is 6.41. The number of amides is 1. The number of ether oxygens (including phenoxy) is 1. The summed E-state index contributed by atoms with van der Waals surface area (Å²) in [6, 6.07) is 9.28. The fraction of sp³-hybridized carbons (Fsp3) is 0.533. The molecule has 0 heterocycles. The van der Waals surface area contributed by atoms with E-state index in [1.807, 2.05) is 51.1 Å². The summed E-state index contributed by atoms with van der Waals surface area (Å²) in [5, 5.41) is 11.3. The molecule has 0 aliphatic rings. The van der Waals surface area contributed by atoms with Crippen molar-refractivity contribution in [3.05, 3.63) is 35.9 Å². The first-order chi connectivity index (χ1) is 8.83. The lowest BCUT2D eigenvalue weighted by Gasteiger charge is -2.29. The molecular weight excluding hydrogens is 242 g/mol. The Morgan fingerprint density at radius 3 is 2.32 bits per heavy atom. The maximum absolute atomic E-state index is 11.9. The van der Waals surface area contributed by atoms with Crippen LogP contribution in [0.2, 0.25) is 0 Å². The molecule has 0 aliphatic heterocycles. The van der Waals surface area contributed by atoms with Crippen molar-refractivity contribution in [1.29, 1.82) is 0 Å². The average Bonchev–Trinajstić information content (AvgIpc) is 2.34. The van der Waals surface area contributed by atoms with Gasteiger partial charge in [-0.05, 0) is 32.8 Å². The number of carbonyl (C=O) groups excluding carboxylic acids is 1. The summed E-state index contributed by atoms with van der Waals surface area (Å²) in [7, 11) is 1.61. The quantitative estimate of drug-likeness (QED) is 0.839. The van der Waals surface area contributed by atoms with Crippen molar-refractivity contribution < 1.29 is 14.6 Å². The Bertz CT molecular complexity index is 398. The Hall–Kier alpha value is -1.55. The predicted octanol–water partition coefficient (Wildman–Crippen LogP) is 2.90. The lowest BCUT2D eigenvalue weighted by molar-refractivity contribution is 0.0112. The Morgan fingerprint density at radius 1 is 1.26 bits per heavy atom. The van der Waals surface area contributed by atoms with Gasteiger partial charge in [0.2, 0.25) is 0 Å². The number of benzene rings is 1. The molecule has 0 fully saturated rings. The van der Waals surface area contributed by atoms with E-state index < -0.39 is 17.7 Å². The number of hydrogen-bond acceptors (Lipinski definition) is 2. The monoisotopic (exact) mass is 264 g/mol. The van der Waals surface area contributed by atoms with Crippen LogP contribution in [0.25, 0.3) is 0 Å². The van der Waals surface area contributed by atoms with Crippen molar-refractivity contribution in [2.75, 3.05) is 13.7 Å². The van der Waals surface area contributed by atoms with Crippen LogP contribution < -0.4 is 0 Å². The standard InChI is InChI=1S/C15H22NO3/c1-15(2,3)19-14(18)16(4)13(11-17)10-12-8-6-5-7-9-12/h5-9,13H,10-11H2,1-4H3/t13-/m1/s1. The van der Waals surface area contributed by atoms with Crippen LogP contribution in [0.1, 0.15) is 26.3 Å². The normalized spacial score (nSPS) is 12.9. The Kier molecular flexibility index (Phi) is 5.36. The summed E-state index contributed by atoms with van der Waals surface area (Å²) < 4.78 is 5.27. The van der Waals surface area contributed by atoms with Crippen molar-refractivity contribution in [1.82, 2.24) is 4.90 Å². The minimum Gasteiger partial charge on any atom is -0.444 e. The second-order valence-electron chi connectivity index (χ2n) is 5.60.